The van der Waals surface area contributed by atoms with Crippen molar-refractivity contribution >= 4 is 29.1 Å². The Balaban J connectivity index is 1.41. The SMILES string of the molecule is Cc1ncsc1-c1ccc(CNC(=O)C2C[C@@H](O)CN2C(=O)[C@@H](NC(=O)C2CC2)C(C)(C)C)cc1. The molecule has 3 atom stereocenters. The van der Waals surface area contributed by atoms with Crippen molar-refractivity contribution < 1.29 is 19.5 Å². The van der Waals surface area contributed by atoms with Crippen LogP contribution in [0.1, 0.15) is 51.3 Å². The van der Waals surface area contributed by atoms with Gasteiger partial charge in [-0.15, -0.1) is 11.3 Å². The number of nitrogens with zero attached hydrogens (tertiary/aromatic N) is 2. The zero-order chi connectivity index (χ0) is 25.3. The van der Waals surface area contributed by atoms with Crippen molar-refractivity contribution in [1.82, 2.24) is 20.5 Å². The van der Waals surface area contributed by atoms with Crippen LogP contribution in [0.15, 0.2) is 29.8 Å². The molecule has 0 radical (unpaired) electrons. The molecule has 2 fully saturated rings. The van der Waals surface area contributed by atoms with Gasteiger partial charge in [0.25, 0.3) is 0 Å². The highest BCUT2D eigenvalue weighted by atomic mass is 32.1. The molecule has 1 saturated carbocycles. The lowest BCUT2D eigenvalue weighted by atomic mass is 9.85. The van der Waals surface area contributed by atoms with E-state index < -0.39 is 23.6 Å². The molecule has 1 aliphatic heterocycles. The van der Waals surface area contributed by atoms with Crippen LogP contribution < -0.4 is 10.6 Å². The predicted molar refractivity (Wildman–Crippen MR) is 134 cm³/mol. The third kappa shape index (κ3) is 5.90. The quantitative estimate of drug-likeness (QED) is 0.543. The largest absolute Gasteiger partial charge is 0.391 e. The molecule has 35 heavy (non-hydrogen) atoms. The first-order valence-electron chi connectivity index (χ1n) is 12.1. The van der Waals surface area contributed by atoms with E-state index >= 15 is 0 Å². The van der Waals surface area contributed by atoms with E-state index in [0.717, 1.165) is 34.5 Å². The van der Waals surface area contributed by atoms with Crippen molar-refractivity contribution in [3.8, 4) is 10.4 Å². The van der Waals surface area contributed by atoms with Gasteiger partial charge >= 0.3 is 0 Å². The first kappa shape index (κ1) is 25.3. The molecule has 1 saturated heterocycles. The Morgan fingerprint density at radius 1 is 1.17 bits per heavy atom. The molecular weight excluding hydrogens is 464 g/mol. The Hall–Kier alpha value is -2.78. The smallest absolute Gasteiger partial charge is 0.246 e. The summed E-state index contributed by atoms with van der Waals surface area (Å²) in [7, 11) is 0. The van der Waals surface area contributed by atoms with E-state index in [1.54, 1.807) is 11.3 Å². The Morgan fingerprint density at radius 3 is 2.43 bits per heavy atom. The zero-order valence-electron chi connectivity index (χ0n) is 20.7. The number of amides is 3. The molecule has 9 heteroatoms. The van der Waals surface area contributed by atoms with Crippen molar-refractivity contribution in [2.24, 2.45) is 11.3 Å². The average Bonchev–Trinajstić information content (AvgIpc) is 3.46. The summed E-state index contributed by atoms with van der Waals surface area (Å²) in [5.41, 5.74) is 4.29. The van der Waals surface area contributed by atoms with Crippen molar-refractivity contribution in [1.29, 1.82) is 0 Å². The van der Waals surface area contributed by atoms with Gasteiger partial charge < -0.3 is 20.6 Å². The summed E-state index contributed by atoms with van der Waals surface area (Å²) in [4.78, 5) is 45.8. The summed E-state index contributed by atoms with van der Waals surface area (Å²) in [5.74, 6) is -0.774. The van der Waals surface area contributed by atoms with Crippen LogP contribution in [0.25, 0.3) is 10.4 Å². The molecule has 2 aromatic rings. The number of benzene rings is 1. The fourth-order valence-electron chi connectivity index (χ4n) is 4.39. The minimum absolute atomic E-state index is 0.0257. The Morgan fingerprint density at radius 2 is 1.86 bits per heavy atom. The molecule has 0 bridgehead atoms. The second-order valence-electron chi connectivity index (χ2n) is 10.7. The molecule has 8 nitrogen and oxygen atoms in total. The van der Waals surface area contributed by atoms with Crippen molar-refractivity contribution in [2.75, 3.05) is 6.54 Å². The molecule has 1 aromatic heterocycles. The number of carbonyl (C=O) groups is 3. The molecule has 4 rings (SSSR count). The van der Waals surface area contributed by atoms with E-state index in [4.69, 9.17) is 0 Å². The molecule has 1 aromatic carbocycles. The number of thiazole rings is 1. The molecular formula is C26H34N4O4S. The van der Waals surface area contributed by atoms with Crippen LogP contribution in [-0.4, -0.2) is 57.4 Å². The number of nitrogens with one attached hydrogen (secondary N) is 2. The summed E-state index contributed by atoms with van der Waals surface area (Å²) in [6, 6.07) is 6.40. The molecule has 3 amide bonds. The van der Waals surface area contributed by atoms with Gasteiger partial charge in [0.15, 0.2) is 0 Å². The van der Waals surface area contributed by atoms with Crippen molar-refractivity contribution in [3.63, 3.8) is 0 Å². The molecule has 2 aliphatic rings. The van der Waals surface area contributed by atoms with Crippen LogP contribution in [0, 0.1) is 18.3 Å². The van der Waals surface area contributed by atoms with Crippen LogP contribution in [0.4, 0.5) is 0 Å². The number of aryl methyl sites for hydroxylation is 1. The monoisotopic (exact) mass is 498 g/mol. The second-order valence-corrected chi connectivity index (χ2v) is 11.5. The van der Waals surface area contributed by atoms with E-state index in [0.29, 0.717) is 6.54 Å². The van der Waals surface area contributed by atoms with Gasteiger partial charge in [-0.2, -0.15) is 0 Å². The average molecular weight is 499 g/mol. The van der Waals surface area contributed by atoms with Crippen LogP contribution in [-0.2, 0) is 20.9 Å². The van der Waals surface area contributed by atoms with Gasteiger partial charge in [-0.05, 0) is 36.3 Å². The lowest BCUT2D eigenvalue weighted by Crippen LogP contribution is -2.58. The lowest BCUT2D eigenvalue weighted by Gasteiger charge is -2.35. The maximum atomic E-state index is 13.5. The van der Waals surface area contributed by atoms with E-state index in [9.17, 15) is 19.5 Å². The second kappa shape index (κ2) is 10.1. The normalized spacial score (nSPS) is 21.0. The third-order valence-corrected chi connectivity index (χ3v) is 7.62. The van der Waals surface area contributed by atoms with E-state index in [1.807, 2.05) is 57.5 Å². The summed E-state index contributed by atoms with van der Waals surface area (Å²) >= 11 is 1.59. The zero-order valence-corrected chi connectivity index (χ0v) is 21.5. The number of rotatable bonds is 7. The molecule has 188 valence electrons. The lowest BCUT2D eigenvalue weighted by molar-refractivity contribution is -0.144. The standard InChI is InChI=1S/C26H34N4O4S/c1-15-21(35-14-28-15)17-7-5-16(6-8-17)12-27-24(33)20-11-19(31)13-30(20)25(34)22(26(2,3)4)29-23(32)18-9-10-18/h5-8,14,18-20,22,31H,9-13H2,1-4H3,(H,27,33)(H,29,32)/t19-,20?,22-/m1/s1. The van der Waals surface area contributed by atoms with Gasteiger partial charge in [0, 0.05) is 25.4 Å². The maximum absolute atomic E-state index is 13.5. The highest BCUT2D eigenvalue weighted by Gasteiger charge is 2.45. The van der Waals surface area contributed by atoms with E-state index in [-0.39, 0.29) is 36.6 Å². The number of hydrogen-bond acceptors (Lipinski definition) is 6. The summed E-state index contributed by atoms with van der Waals surface area (Å²) in [6.07, 6.45) is 1.08. The molecule has 3 N–H and O–H groups in total. The maximum Gasteiger partial charge on any atom is 0.246 e. The highest BCUT2D eigenvalue weighted by molar-refractivity contribution is 7.13. The van der Waals surface area contributed by atoms with Gasteiger partial charge in [-0.25, -0.2) is 4.98 Å². The summed E-state index contributed by atoms with van der Waals surface area (Å²) < 4.78 is 0. The van der Waals surface area contributed by atoms with E-state index in [1.165, 1.54) is 4.90 Å². The Bertz CT molecular complexity index is 1090. The van der Waals surface area contributed by atoms with Crippen LogP contribution in [0.5, 0.6) is 0 Å². The Kier molecular flexibility index (Phi) is 7.28. The van der Waals surface area contributed by atoms with Gasteiger partial charge in [-0.3, -0.25) is 14.4 Å². The van der Waals surface area contributed by atoms with Crippen LogP contribution in [0.3, 0.4) is 0 Å². The Labute approximate surface area is 210 Å². The minimum atomic E-state index is -0.781. The van der Waals surface area contributed by atoms with Crippen molar-refractivity contribution in [3.05, 3.63) is 41.0 Å². The number of hydrogen-bond donors (Lipinski definition) is 3. The molecule has 0 spiro atoms. The number of aliphatic hydroxyl groups is 1. The van der Waals surface area contributed by atoms with Gasteiger partial charge in [0.2, 0.25) is 17.7 Å². The van der Waals surface area contributed by atoms with Gasteiger partial charge in [0.05, 0.1) is 22.2 Å². The number of likely N-dealkylation sites (tertiary alicyclic amines) is 1. The fourth-order valence-corrected chi connectivity index (χ4v) is 5.20. The van der Waals surface area contributed by atoms with Crippen LogP contribution >= 0.6 is 11.3 Å². The predicted octanol–water partition coefficient (Wildman–Crippen LogP) is 2.64. The van der Waals surface area contributed by atoms with Crippen LogP contribution in [0.2, 0.25) is 0 Å². The topological polar surface area (TPSA) is 112 Å². The number of aromatic nitrogens is 1. The summed E-state index contributed by atoms with van der Waals surface area (Å²) in [5, 5.41) is 16.1. The van der Waals surface area contributed by atoms with E-state index in [2.05, 4.69) is 15.6 Å². The molecule has 2 heterocycles. The minimum Gasteiger partial charge on any atom is -0.391 e. The first-order chi connectivity index (χ1) is 16.5. The number of carbonyl (C=O) groups excluding carboxylic acids is 3. The summed E-state index contributed by atoms with van der Waals surface area (Å²) in [6.45, 7) is 8.04. The third-order valence-electron chi connectivity index (χ3n) is 6.64. The van der Waals surface area contributed by atoms with Gasteiger partial charge in [-0.1, -0.05) is 45.0 Å². The first-order valence-corrected chi connectivity index (χ1v) is 13.0. The number of aliphatic hydroxyl groups excluding tert-OH is 1. The number of β-amino-alcohol motifs (C(OH)–C–C–N with tert-alkyl or cyclic N) is 1. The highest BCUT2D eigenvalue weighted by Crippen LogP contribution is 2.31. The molecule has 1 unspecified atom stereocenters. The molecule has 1 aliphatic carbocycles. The fraction of sp³-hybridized carbons (Fsp3) is 0.538. The van der Waals surface area contributed by atoms with Crippen molar-refractivity contribution in [2.45, 2.75) is 71.7 Å². The van der Waals surface area contributed by atoms with Gasteiger partial charge in [0.1, 0.15) is 12.1 Å².